The van der Waals surface area contributed by atoms with Gasteiger partial charge < -0.3 is 5.11 Å². The van der Waals surface area contributed by atoms with E-state index in [-0.39, 0.29) is 12.3 Å². The normalized spacial score (nSPS) is 13.8. The lowest BCUT2D eigenvalue weighted by atomic mass is 9.97. The van der Waals surface area contributed by atoms with Gasteiger partial charge in [-0.2, -0.15) is 4.98 Å². The van der Waals surface area contributed by atoms with E-state index in [1.165, 1.54) is 11.1 Å². The van der Waals surface area contributed by atoms with E-state index >= 15 is 0 Å². The van der Waals surface area contributed by atoms with Crippen molar-refractivity contribution in [3.8, 4) is 0 Å². The Hall–Kier alpha value is -1.66. The van der Waals surface area contributed by atoms with Crippen LogP contribution >= 0.6 is 11.8 Å². The number of thioether (sulfide) groups is 1. The Labute approximate surface area is 139 Å². The summed E-state index contributed by atoms with van der Waals surface area (Å²) in [6.07, 6.45) is 8.34. The molecule has 6 heteroatoms. The van der Waals surface area contributed by atoms with Gasteiger partial charge in [-0.1, -0.05) is 0 Å². The first-order chi connectivity index (χ1) is 11.3. The molecule has 3 rings (SSSR count). The Morgan fingerprint density at radius 1 is 1.22 bits per heavy atom. The van der Waals surface area contributed by atoms with E-state index in [1.807, 2.05) is 12.1 Å². The number of hydrogen-bond donors (Lipinski definition) is 1. The Kier molecular flexibility index (Phi) is 5.46. The number of aliphatic hydroxyl groups excluding tert-OH is 1. The molecule has 1 N–H and O–H groups in total. The van der Waals surface area contributed by atoms with Crippen LogP contribution in [0.4, 0.5) is 0 Å². The number of fused-ring (bicyclic) bond motifs is 1. The fraction of sp³-hybridized carbons (Fsp3) is 0.471. The predicted octanol–water partition coefficient (Wildman–Crippen LogP) is 2.19. The fourth-order valence-corrected chi connectivity index (χ4v) is 3.99. The van der Waals surface area contributed by atoms with Crippen LogP contribution in [0.25, 0.3) is 0 Å². The van der Waals surface area contributed by atoms with Gasteiger partial charge in [0.1, 0.15) is 5.03 Å². The van der Waals surface area contributed by atoms with Crippen LogP contribution in [0.1, 0.15) is 36.1 Å². The largest absolute Gasteiger partial charge is 0.396 e. The monoisotopic (exact) mass is 331 g/mol. The van der Waals surface area contributed by atoms with Gasteiger partial charge in [-0.15, -0.1) is 11.8 Å². The molecule has 2 aromatic heterocycles. The molecule has 0 spiro atoms. The molecule has 2 aromatic rings. The lowest BCUT2D eigenvalue weighted by molar-refractivity contribution is 0.277. The summed E-state index contributed by atoms with van der Waals surface area (Å²) in [6.45, 7) is 0.653. The molecular weight excluding hydrogens is 310 g/mol. The average Bonchev–Trinajstić information content (AvgIpc) is 2.60. The highest BCUT2D eigenvalue weighted by atomic mass is 32.2. The lowest BCUT2D eigenvalue weighted by Crippen LogP contribution is -2.30. The second-order valence-corrected chi connectivity index (χ2v) is 6.67. The summed E-state index contributed by atoms with van der Waals surface area (Å²) in [4.78, 5) is 20.7. The smallest absolute Gasteiger partial charge is 0.348 e. The van der Waals surface area contributed by atoms with Gasteiger partial charge in [-0.25, -0.2) is 4.79 Å². The lowest BCUT2D eigenvalue weighted by Gasteiger charge is -2.22. The van der Waals surface area contributed by atoms with E-state index in [2.05, 4.69) is 9.97 Å². The predicted molar refractivity (Wildman–Crippen MR) is 90.6 cm³/mol. The van der Waals surface area contributed by atoms with Crippen molar-refractivity contribution in [3.63, 3.8) is 0 Å². The summed E-state index contributed by atoms with van der Waals surface area (Å²) in [5.74, 6) is 0.794. The van der Waals surface area contributed by atoms with Crippen LogP contribution in [-0.2, 0) is 25.1 Å². The summed E-state index contributed by atoms with van der Waals surface area (Å²) >= 11 is 1.63. The average molecular weight is 331 g/mol. The third-order valence-corrected chi connectivity index (χ3v) is 5.20. The molecule has 0 saturated heterocycles. The molecule has 0 atom stereocenters. The molecule has 0 fully saturated rings. The van der Waals surface area contributed by atoms with Crippen molar-refractivity contribution in [2.45, 2.75) is 49.4 Å². The third-order valence-electron chi connectivity index (χ3n) is 4.12. The molecule has 5 nitrogen and oxygen atoms in total. The molecule has 0 bridgehead atoms. The van der Waals surface area contributed by atoms with Gasteiger partial charge in [-0.3, -0.25) is 9.55 Å². The molecule has 23 heavy (non-hydrogen) atoms. The zero-order valence-electron chi connectivity index (χ0n) is 13.1. The van der Waals surface area contributed by atoms with Gasteiger partial charge in [0.05, 0.1) is 0 Å². The van der Waals surface area contributed by atoms with Crippen molar-refractivity contribution in [3.05, 3.63) is 51.8 Å². The number of rotatable bonds is 6. The summed E-state index contributed by atoms with van der Waals surface area (Å²) < 4.78 is 1.77. The first-order valence-corrected chi connectivity index (χ1v) is 9.03. The minimum Gasteiger partial charge on any atom is -0.396 e. The van der Waals surface area contributed by atoms with Crippen LogP contribution < -0.4 is 5.69 Å². The van der Waals surface area contributed by atoms with E-state index in [9.17, 15) is 4.79 Å². The van der Waals surface area contributed by atoms with Crippen molar-refractivity contribution in [1.29, 1.82) is 0 Å². The van der Waals surface area contributed by atoms with Crippen molar-refractivity contribution >= 4 is 11.8 Å². The summed E-state index contributed by atoms with van der Waals surface area (Å²) in [6, 6.07) is 3.98. The Balaban J connectivity index is 1.88. The Bertz CT molecular complexity index is 716. The van der Waals surface area contributed by atoms with Gasteiger partial charge >= 0.3 is 5.69 Å². The maximum Gasteiger partial charge on any atom is 0.348 e. The van der Waals surface area contributed by atoms with Crippen LogP contribution in [0.15, 0.2) is 34.3 Å². The minimum absolute atomic E-state index is 0.0970. The molecule has 0 saturated carbocycles. The Morgan fingerprint density at radius 2 is 2.00 bits per heavy atom. The van der Waals surface area contributed by atoms with Crippen molar-refractivity contribution in [1.82, 2.24) is 14.5 Å². The highest BCUT2D eigenvalue weighted by Gasteiger charge is 2.20. The molecule has 122 valence electrons. The van der Waals surface area contributed by atoms with Crippen molar-refractivity contribution in [2.24, 2.45) is 0 Å². The summed E-state index contributed by atoms with van der Waals surface area (Å²) in [5, 5.41) is 9.92. The summed E-state index contributed by atoms with van der Waals surface area (Å²) in [5.41, 5.74) is 3.35. The Morgan fingerprint density at radius 3 is 2.78 bits per heavy atom. The minimum atomic E-state index is -0.184. The zero-order valence-corrected chi connectivity index (χ0v) is 13.9. The van der Waals surface area contributed by atoms with Crippen LogP contribution in [0.5, 0.6) is 0 Å². The standard InChI is InChI=1S/C17H21N3O2S/c21-11-3-10-20-15-5-2-1-4-14(15)16(19-17(20)22)23-12-13-6-8-18-9-7-13/h6-9,21H,1-5,10-12H2. The molecule has 0 aromatic carbocycles. The molecule has 2 heterocycles. The van der Waals surface area contributed by atoms with Gasteiger partial charge in [0.2, 0.25) is 0 Å². The van der Waals surface area contributed by atoms with E-state index < -0.39 is 0 Å². The second kappa shape index (κ2) is 7.75. The maximum atomic E-state index is 12.4. The quantitative estimate of drug-likeness (QED) is 0.649. The van der Waals surface area contributed by atoms with Gasteiger partial charge in [-0.05, 0) is 49.8 Å². The molecule has 0 aliphatic heterocycles. The van der Waals surface area contributed by atoms with E-state index in [1.54, 1.807) is 28.7 Å². The van der Waals surface area contributed by atoms with E-state index in [4.69, 9.17) is 5.11 Å². The van der Waals surface area contributed by atoms with Crippen molar-refractivity contribution in [2.75, 3.05) is 6.61 Å². The number of nitrogens with zero attached hydrogens (tertiary/aromatic N) is 3. The van der Waals surface area contributed by atoms with Crippen LogP contribution in [0.2, 0.25) is 0 Å². The third kappa shape index (κ3) is 3.82. The van der Waals surface area contributed by atoms with Crippen molar-refractivity contribution < 1.29 is 5.11 Å². The zero-order chi connectivity index (χ0) is 16.1. The first-order valence-electron chi connectivity index (χ1n) is 8.04. The highest BCUT2D eigenvalue weighted by Crippen LogP contribution is 2.30. The molecule has 1 aliphatic rings. The van der Waals surface area contributed by atoms with Gasteiger partial charge in [0, 0.05) is 42.6 Å². The number of hydrogen-bond acceptors (Lipinski definition) is 5. The second-order valence-electron chi connectivity index (χ2n) is 5.70. The highest BCUT2D eigenvalue weighted by molar-refractivity contribution is 7.98. The molecule has 0 radical (unpaired) electrons. The molecule has 1 aliphatic carbocycles. The molecule has 0 amide bonds. The van der Waals surface area contributed by atoms with Gasteiger partial charge in [0.25, 0.3) is 0 Å². The number of pyridine rings is 1. The van der Waals surface area contributed by atoms with E-state index in [0.717, 1.165) is 42.2 Å². The van der Waals surface area contributed by atoms with E-state index in [0.29, 0.717) is 13.0 Å². The molecule has 0 unspecified atom stereocenters. The van der Waals surface area contributed by atoms with Gasteiger partial charge in [0.15, 0.2) is 0 Å². The topological polar surface area (TPSA) is 68.0 Å². The first kappa shape index (κ1) is 16.2. The fourth-order valence-electron chi connectivity index (χ4n) is 2.96. The van der Waals surface area contributed by atoms with Crippen LogP contribution in [-0.4, -0.2) is 26.2 Å². The number of aromatic nitrogens is 3. The maximum absolute atomic E-state index is 12.4. The van der Waals surface area contributed by atoms with Crippen LogP contribution in [0, 0.1) is 0 Å². The van der Waals surface area contributed by atoms with Crippen LogP contribution in [0.3, 0.4) is 0 Å². The number of aliphatic hydroxyl groups is 1. The SMILES string of the molecule is O=c1nc(SCc2ccncc2)c2c(n1CCCO)CCCC2. The summed E-state index contributed by atoms with van der Waals surface area (Å²) in [7, 11) is 0. The molecular formula is C17H21N3O2S.